The van der Waals surface area contributed by atoms with Gasteiger partial charge in [0.1, 0.15) is 11.5 Å². The molecule has 0 bridgehead atoms. The van der Waals surface area contributed by atoms with E-state index in [1.165, 1.54) is 4.90 Å². The third-order valence-corrected chi connectivity index (χ3v) is 2.84. The molecule has 0 aromatic heterocycles. The number of halogens is 3. The molecular weight excluding hydrogens is 219 g/mol. The fourth-order valence-electron chi connectivity index (χ4n) is 2.02. The first-order chi connectivity index (χ1) is 7.61. The smallest absolute Gasteiger partial charge is 0.152 e. The number of aliphatic hydroxyl groups excluding tert-OH is 1. The molecule has 0 radical (unpaired) electrons. The average molecular weight is 231 g/mol. The zero-order valence-electron chi connectivity index (χ0n) is 8.59. The van der Waals surface area contributed by atoms with E-state index in [0.717, 1.165) is 0 Å². The van der Waals surface area contributed by atoms with Crippen molar-refractivity contribution in [2.45, 2.75) is 6.42 Å². The van der Waals surface area contributed by atoms with Crippen LogP contribution in [0.2, 0.25) is 0 Å². The summed E-state index contributed by atoms with van der Waals surface area (Å²) < 4.78 is 39.5. The van der Waals surface area contributed by atoms with Crippen LogP contribution < -0.4 is 4.90 Å². The van der Waals surface area contributed by atoms with Crippen molar-refractivity contribution < 1.29 is 18.3 Å². The Bertz CT molecular complexity index is 374. The minimum atomic E-state index is -0.920. The highest BCUT2D eigenvalue weighted by atomic mass is 19.1. The predicted octanol–water partition coefficient (Wildman–Crippen LogP) is 1.92. The molecule has 5 heteroatoms. The Morgan fingerprint density at radius 1 is 1.25 bits per heavy atom. The lowest BCUT2D eigenvalue weighted by atomic mass is 10.1. The van der Waals surface area contributed by atoms with E-state index in [9.17, 15) is 13.2 Å². The number of aliphatic hydroxyl groups is 1. The van der Waals surface area contributed by atoms with Crippen molar-refractivity contribution in [1.29, 1.82) is 0 Å². The molecule has 1 aliphatic rings. The van der Waals surface area contributed by atoms with E-state index in [-0.39, 0.29) is 18.2 Å². The van der Waals surface area contributed by atoms with Crippen LogP contribution >= 0.6 is 0 Å². The number of anilines is 1. The molecule has 1 aromatic carbocycles. The van der Waals surface area contributed by atoms with E-state index in [0.29, 0.717) is 31.6 Å². The van der Waals surface area contributed by atoms with E-state index in [1.54, 1.807) is 0 Å². The van der Waals surface area contributed by atoms with Gasteiger partial charge in [0.05, 0.1) is 0 Å². The van der Waals surface area contributed by atoms with Crippen molar-refractivity contribution in [3.05, 3.63) is 29.6 Å². The van der Waals surface area contributed by atoms with Crippen LogP contribution in [0.15, 0.2) is 12.1 Å². The second kappa shape index (κ2) is 4.33. The van der Waals surface area contributed by atoms with Crippen molar-refractivity contribution in [2.24, 2.45) is 5.92 Å². The van der Waals surface area contributed by atoms with E-state index < -0.39 is 17.5 Å². The predicted molar refractivity (Wildman–Crippen MR) is 53.7 cm³/mol. The number of hydrogen-bond acceptors (Lipinski definition) is 2. The quantitative estimate of drug-likeness (QED) is 0.840. The van der Waals surface area contributed by atoms with Crippen LogP contribution in [0, 0.1) is 23.4 Å². The molecule has 0 aliphatic carbocycles. The third kappa shape index (κ3) is 2.00. The first-order valence-electron chi connectivity index (χ1n) is 5.12. The highest BCUT2D eigenvalue weighted by molar-refractivity contribution is 5.50. The molecule has 1 unspecified atom stereocenters. The van der Waals surface area contributed by atoms with Gasteiger partial charge in [-0.1, -0.05) is 0 Å². The van der Waals surface area contributed by atoms with Crippen molar-refractivity contribution in [3.8, 4) is 0 Å². The fraction of sp³-hybridized carbons (Fsp3) is 0.455. The second-order valence-corrected chi connectivity index (χ2v) is 4.00. The molecule has 1 heterocycles. The maximum atomic E-state index is 13.4. The van der Waals surface area contributed by atoms with Crippen molar-refractivity contribution in [1.82, 2.24) is 0 Å². The topological polar surface area (TPSA) is 23.5 Å². The van der Waals surface area contributed by atoms with Gasteiger partial charge in [0.15, 0.2) is 11.6 Å². The molecule has 1 fully saturated rings. The minimum Gasteiger partial charge on any atom is -0.396 e. The molecule has 1 N–H and O–H groups in total. The van der Waals surface area contributed by atoms with Gasteiger partial charge in [-0.05, 0) is 6.42 Å². The number of nitrogens with zero attached hydrogens (tertiary/aromatic N) is 1. The minimum absolute atomic E-state index is 0.000925. The Hall–Kier alpha value is -1.23. The second-order valence-electron chi connectivity index (χ2n) is 4.00. The Labute approximate surface area is 91.3 Å². The molecule has 0 spiro atoms. The van der Waals surface area contributed by atoms with Crippen molar-refractivity contribution >= 4 is 5.69 Å². The van der Waals surface area contributed by atoms with Crippen LogP contribution in [0.1, 0.15) is 6.42 Å². The molecule has 1 aromatic rings. The molecule has 0 saturated carbocycles. The summed E-state index contributed by atoms with van der Waals surface area (Å²) in [6.45, 7) is 0.877. The van der Waals surface area contributed by atoms with Gasteiger partial charge in [0.25, 0.3) is 0 Å². The summed E-state index contributed by atoms with van der Waals surface area (Å²) in [7, 11) is 0. The normalized spacial score (nSPS) is 20.5. The molecule has 16 heavy (non-hydrogen) atoms. The zero-order valence-corrected chi connectivity index (χ0v) is 8.59. The van der Waals surface area contributed by atoms with Crippen LogP contribution in [0.3, 0.4) is 0 Å². The summed E-state index contributed by atoms with van der Waals surface area (Å²) in [5, 5.41) is 8.94. The maximum Gasteiger partial charge on any atom is 0.152 e. The van der Waals surface area contributed by atoms with E-state index >= 15 is 0 Å². The van der Waals surface area contributed by atoms with Crippen LogP contribution in [-0.2, 0) is 0 Å². The number of rotatable bonds is 2. The van der Waals surface area contributed by atoms with Gasteiger partial charge in [-0.3, -0.25) is 0 Å². The SMILES string of the molecule is OCC1CCN(c2c(F)cc(F)cc2F)C1. The van der Waals surface area contributed by atoms with E-state index in [1.807, 2.05) is 0 Å². The van der Waals surface area contributed by atoms with E-state index in [4.69, 9.17) is 5.11 Å². The van der Waals surface area contributed by atoms with Gasteiger partial charge in [-0.2, -0.15) is 0 Å². The van der Waals surface area contributed by atoms with E-state index in [2.05, 4.69) is 0 Å². The van der Waals surface area contributed by atoms with Crippen LogP contribution in [0.5, 0.6) is 0 Å². The van der Waals surface area contributed by atoms with Crippen molar-refractivity contribution in [2.75, 3.05) is 24.6 Å². The molecule has 1 atom stereocenters. The largest absolute Gasteiger partial charge is 0.396 e. The molecule has 2 rings (SSSR count). The summed E-state index contributed by atoms with van der Waals surface area (Å²) in [6, 6.07) is 1.34. The first-order valence-corrected chi connectivity index (χ1v) is 5.12. The maximum absolute atomic E-state index is 13.4. The summed E-state index contributed by atoms with van der Waals surface area (Å²) in [6.07, 6.45) is 0.687. The number of hydrogen-bond donors (Lipinski definition) is 1. The summed E-state index contributed by atoms with van der Waals surface area (Å²) >= 11 is 0. The van der Waals surface area contributed by atoms with Crippen LogP contribution in [-0.4, -0.2) is 24.8 Å². The van der Waals surface area contributed by atoms with Gasteiger partial charge >= 0.3 is 0 Å². The van der Waals surface area contributed by atoms with Crippen molar-refractivity contribution in [3.63, 3.8) is 0 Å². The van der Waals surface area contributed by atoms with Gasteiger partial charge < -0.3 is 10.0 Å². The highest BCUT2D eigenvalue weighted by Gasteiger charge is 2.26. The number of benzene rings is 1. The monoisotopic (exact) mass is 231 g/mol. The van der Waals surface area contributed by atoms with Crippen LogP contribution in [0.25, 0.3) is 0 Å². The van der Waals surface area contributed by atoms with Gasteiger partial charge in [-0.25, -0.2) is 13.2 Å². The molecule has 1 aliphatic heterocycles. The molecule has 2 nitrogen and oxygen atoms in total. The lowest BCUT2D eigenvalue weighted by Gasteiger charge is -2.19. The van der Waals surface area contributed by atoms with Gasteiger partial charge in [0, 0.05) is 37.7 Å². The average Bonchev–Trinajstić information content (AvgIpc) is 2.64. The summed E-state index contributed by atoms with van der Waals surface area (Å²) in [5.74, 6) is -2.67. The lowest BCUT2D eigenvalue weighted by Crippen LogP contribution is -2.23. The Kier molecular flexibility index (Phi) is 3.05. The molecule has 1 saturated heterocycles. The highest BCUT2D eigenvalue weighted by Crippen LogP contribution is 2.29. The molecule has 88 valence electrons. The van der Waals surface area contributed by atoms with Gasteiger partial charge in [-0.15, -0.1) is 0 Å². The summed E-state index contributed by atoms with van der Waals surface area (Å²) in [4.78, 5) is 1.50. The zero-order chi connectivity index (χ0) is 11.7. The summed E-state index contributed by atoms with van der Waals surface area (Å²) in [5.41, 5.74) is -0.197. The van der Waals surface area contributed by atoms with Gasteiger partial charge in [0.2, 0.25) is 0 Å². The fourth-order valence-corrected chi connectivity index (χ4v) is 2.02. The third-order valence-electron chi connectivity index (χ3n) is 2.84. The molecule has 0 amide bonds. The first kappa shape index (κ1) is 11.3. The Balaban J connectivity index is 2.28. The Morgan fingerprint density at radius 2 is 1.88 bits per heavy atom. The Morgan fingerprint density at radius 3 is 2.38 bits per heavy atom. The standard InChI is InChI=1S/C11H12F3NO/c12-8-3-9(13)11(10(14)4-8)15-2-1-7(5-15)6-16/h3-4,7,16H,1-2,5-6H2. The van der Waals surface area contributed by atoms with Crippen LogP contribution in [0.4, 0.5) is 18.9 Å². The molecular formula is C11H12F3NO. The lowest BCUT2D eigenvalue weighted by molar-refractivity contribution is 0.238.